The predicted molar refractivity (Wildman–Crippen MR) is 104 cm³/mol. The van der Waals surface area contributed by atoms with E-state index in [2.05, 4.69) is 29.7 Å². The van der Waals surface area contributed by atoms with E-state index in [-0.39, 0.29) is 5.82 Å². The Morgan fingerprint density at radius 2 is 1.96 bits per heavy atom. The second-order valence-corrected chi connectivity index (χ2v) is 14.0. The van der Waals surface area contributed by atoms with E-state index in [9.17, 15) is 4.39 Å². The van der Waals surface area contributed by atoms with Gasteiger partial charge >= 0.3 is 0 Å². The lowest BCUT2D eigenvalue weighted by molar-refractivity contribution is 0.0770. The maximum atomic E-state index is 14.6. The van der Waals surface area contributed by atoms with E-state index in [0.29, 0.717) is 17.8 Å². The van der Waals surface area contributed by atoms with E-state index in [0.717, 1.165) is 34.3 Å². The molecule has 1 aromatic carbocycles. The van der Waals surface area contributed by atoms with Crippen molar-refractivity contribution in [2.45, 2.75) is 46.3 Å². The number of rotatable bonds is 6. The first kappa shape index (κ1) is 18.2. The molecular weight excluding hydrogens is 353 g/mol. The van der Waals surface area contributed by atoms with Crippen molar-refractivity contribution >= 4 is 29.6 Å². The van der Waals surface area contributed by atoms with Crippen LogP contribution in [0.4, 0.5) is 4.39 Å². The van der Waals surface area contributed by atoms with E-state index in [4.69, 9.17) is 4.74 Å². The Kier molecular flexibility index (Phi) is 5.08. The molecule has 0 aliphatic carbocycles. The minimum absolute atomic E-state index is 0.260. The van der Waals surface area contributed by atoms with Crippen LogP contribution in [0.1, 0.15) is 11.4 Å². The lowest BCUT2D eigenvalue weighted by Gasteiger charge is -2.15. The Balaban J connectivity index is 1.89. The van der Waals surface area contributed by atoms with Gasteiger partial charge in [-0.2, -0.15) is 5.10 Å². The van der Waals surface area contributed by atoms with Gasteiger partial charge in [0.2, 0.25) is 0 Å². The van der Waals surface area contributed by atoms with Crippen LogP contribution < -0.4 is 0 Å². The molecule has 0 saturated carbocycles. The van der Waals surface area contributed by atoms with E-state index in [1.165, 1.54) is 17.4 Å². The predicted octanol–water partition coefficient (Wildman–Crippen LogP) is 5.23. The van der Waals surface area contributed by atoms with Crippen molar-refractivity contribution < 1.29 is 9.13 Å². The first-order chi connectivity index (χ1) is 11.8. The zero-order valence-electron chi connectivity index (χ0n) is 15.4. The molecule has 0 amide bonds. The molecule has 25 heavy (non-hydrogen) atoms. The van der Waals surface area contributed by atoms with Gasteiger partial charge in [0, 0.05) is 31.5 Å². The Bertz CT molecular complexity index is 898. The Labute approximate surface area is 152 Å². The number of ether oxygens (including phenoxy) is 1. The first-order valence-corrected chi connectivity index (χ1v) is 13.0. The van der Waals surface area contributed by atoms with Crippen LogP contribution >= 0.6 is 11.3 Å². The summed E-state index contributed by atoms with van der Waals surface area (Å²) in [5, 5.41) is 4.56. The number of aryl methyl sites for hydroxylation is 1. The second-order valence-electron chi connectivity index (χ2n) is 7.51. The molecule has 7 heteroatoms. The summed E-state index contributed by atoms with van der Waals surface area (Å²) in [7, 11) is -1.11. The molecule has 0 bridgehead atoms. The third-order valence-corrected chi connectivity index (χ3v) is 6.79. The van der Waals surface area contributed by atoms with Crippen LogP contribution in [0.15, 0.2) is 17.6 Å². The van der Waals surface area contributed by atoms with E-state index in [1.807, 2.05) is 18.5 Å². The molecule has 0 spiro atoms. The van der Waals surface area contributed by atoms with Gasteiger partial charge in [-0.3, -0.25) is 0 Å². The number of nitrogens with zero attached hydrogens (tertiary/aromatic N) is 3. The van der Waals surface area contributed by atoms with Crippen LogP contribution in [0.3, 0.4) is 0 Å². The highest BCUT2D eigenvalue weighted by atomic mass is 32.1. The summed E-state index contributed by atoms with van der Waals surface area (Å²) in [5.41, 5.74) is 5.53. The molecule has 0 atom stereocenters. The molecule has 3 rings (SSSR count). The van der Waals surface area contributed by atoms with E-state index >= 15 is 0 Å². The number of fused-ring (bicyclic) bond motifs is 1. The number of hydrogen-bond acceptors (Lipinski definition) is 4. The van der Waals surface area contributed by atoms with Gasteiger partial charge in [0.25, 0.3) is 0 Å². The van der Waals surface area contributed by atoms with Crippen LogP contribution in [0, 0.1) is 19.7 Å². The van der Waals surface area contributed by atoms with Gasteiger partial charge in [-0.05, 0) is 32.0 Å². The normalized spacial score (nSPS) is 12.2. The summed E-state index contributed by atoms with van der Waals surface area (Å²) < 4.78 is 23.2. The fourth-order valence-electron chi connectivity index (χ4n) is 2.86. The summed E-state index contributed by atoms with van der Waals surface area (Å²) in [6.45, 7) is 12.0. The summed E-state index contributed by atoms with van der Waals surface area (Å²) in [6, 6.07) is 4.41. The molecule has 2 heterocycles. The largest absolute Gasteiger partial charge is 0.360 e. The van der Waals surface area contributed by atoms with Crippen LogP contribution in [-0.4, -0.2) is 29.4 Å². The minimum Gasteiger partial charge on any atom is -0.360 e. The Hall–Kier alpha value is -1.57. The molecular formula is C18H24FN3OSSi. The van der Waals surface area contributed by atoms with Crippen molar-refractivity contribution in [1.29, 1.82) is 0 Å². The molecule has 0 aliphatic heterocycles. The molecule has 3 aromatic rings. The van der Waals surface area contributed by atoms with Crippen molar-refractivity contribution in [1.82, 2.24) is 14.8 Å². The SMILES string of the molecule is Cc1nn(COCC[Si](C)(C)C)c(C)c1-c1c(F)ccc2scnc12. The number of halogens is 1. The third kappa shape index (κ3) is 3.83. The monoisotopic (exact) mass is 377 g/mol. The molecule has 2 aromatic heterocycles. The topological polar surface area (TPSA) is 39.9 Å². The maximum absolute atomic E-state index is 14.6. The van der Waals surface area contributed by atoms with Gasteiger partial charge < -0.3 is 4.74 Å². The number of hydrogen-bond donors (Lipinski definition) is 0. The lowest BCUT2D eigenvalue weighted by atomic mass is 10.0. The van der Waals surface area contributed by atoms with Crippen molar-refractivity contribution in [3.63, 3.8) is 0 Å². The Morgan fingerprint density at radius 1 is 1.20 bits per heavy atom. The molecule has 0 unspecified atom stereocenters. The molecule has 0 fully saturated rings. The number of benzene rings is 1. The fraction of sp³-hybridized carbons (Fsp3) is 0.444. The zero-order chi connectivity index (χ0) is 18.2. The van der Waals surface area contributed by atoms with Crippen molar-refractivity contribution in [2.75, 3.05) is 6.61 Å². The van der Waals surface area contributed by atoms with Crippen molar-refractivity contribution in [3.05, 3.63) is 34.8 Å². The van der Waals surface area contributed by atoms with Gasteiger partial charge in [0.05, 0.1) is 21.4 Å². The smallest absolute Gasteiger partial charge is 0.139 e. The van der Waals surface area contributed by atoms with Crippen molar-refractivity contribution in [3.8, 4) is 11.1 Å². The second kappa shape index (κ2) is 6.97. The van der Waals surface area contributed by atoms with Crippen LogP contribution in [0.5, 0.6) is 0 Å². The summed E-state index contributed by atoms with van der Waals surface area (Å²) in [4.78, 5) is 4.36. The highest BCUT2D eigenvalue weighted by Crippen LogP contribution is 2.36. The average molecular weight is 378 g/mol. The van der Waals surface area contributed by atoms with Crippen LogP contribution in [0.25, 0.3) is 21.3 Å². The standard InChI is InChI=1S/C18H24FN3OSSi/c1-12-16(17-14(19)6-7-15-18(17)20-10-24-15)13(2)22(21-12)11-23-8-9-25(3,4)5/h6-7,10H,8-9,11H2,1-5H3. The summed E-state index contributed by atoms with van der Waals surface area (Å²) in [5.74, 6) is -0.260. The molecule has 0 radical (unpaired) electrons. The minimum atomic E-state index is -1.11. The maximum Gasteiger partial charge on any atom is 0.139 e. The molecule has 0 N–H and O–H groups in total. The fourth-order valence-corrected chi connectivity index (χ4v) is 4.30. The molecule has 4 nitrogen and oxygen atoms in total. The number of thiazole rings is 1. The van der Waals surface area contributed by atoms with Crippen molar-refractivity contribution in [2.24, 2.45) is 0 Å². The first-order valence-electron chi connectivity index (χ1n) is 8.42. The highest BCUT2D eigenvalue weighted by Gasteiger charge is 2.21. The molecule has 0 aliphatic rings. The average Bonchev–Trinajstić information content (AvgIpc) is 3.09. The Morgan fingerprint density at radius 3 is 2.68 bits per heavy atom. The van der Waals surface area contributed by atoms with E-state index < -0.39 is 8.07 Å². The number of aromatic nitrogens is 3. The van der Waals surface area contributed by atoms with Gasteiger partial charge in [-0.15, -0.1) is 11.3 Å². The van der Waals surface area contributed by atoms with Gasteiger partial charge in [-0.25, -0.2) is 14.1 Å². The van der Waals surface area contributed by atoms with Gasteiger partial charge in [0.1, 0.15) is 12.5 Å². The van der Waals surface area contributed by atoms with E-state index in [1.54, 1.807) is 11.6 Å². The van der Waals surface area contributed by atoms with Gasteiger partial charge in [-0.1, -0.05) is 19.6 Å². The summed E-state index contributed by atoms with van der Waals surface area (Å²) >= 11 is 1.52. The van der Waals surface area contributed by atoms with Crippen LogP contribution in [0.2, 0.25) is 25.7 Å². The summed E-state index contributed by atoms with van der Waals surface area (Å²) in [6.07, 6.45) is 0. The molecule has 134 valence electrons. The lowest BCUT2D eigenvalue weighted by Crippen LogP contribution is -2.22. The van der Waals surface area contributed by atoms with Crippen LogP contribution in [-0.2, 0) is 11.5 Å². The highest BCUT2D eigenvalue weighted by molar-refractivity contribution is 7.16. The third-order valence-electron chi connectivity index (χ3n) is 4.29. The zero-order valence-corrected chi connectivity index (χ0v) is 17.2. The quantitative estimate of drug-likeness (QED) is 0.436. The molecule has 0 saturated heterocycles. The van der Waals surface area contributed by atoms with Gasteiger partial charge in [0.15, 0.2) is 0 Å².